The summed E-state index contributed by atoms with van der Waals surface area (Å²) in [5.41, 5.74) is 0.910. The van der Waals surface area contributed by atoms with E-state index in [0.717, 1.165) is 15.2 Å². The molecular formula is C12H12N4OS2. The van der Waals surface area contributed by atoms with Gasteiger partial charge in [0.1, 0.15) is 11.4 Å². The summed E-state index contributed by atoms with van der Waals surface area (Å²) in [7, 11) is 1.71. The predicted octanol–water partition coefficient (Wildman–Crippen LogP) is 2.16. The van der Waals surface area contributed by atoms with Crippen molar-refractivity contribution in [2.24, 2.45) is 0 Å². The van der Waals surface area contributed by atoms with Gasteiger partial charge in [-0.3, -0.25) is 4.79 Å². The highest BCUT2D eigenvalue weighted by atomic mass is 32.2. The molecule has 0 aliphatic heterocycles. The van der Waals surface area contributed by atoms with E-state index in [4.69, 9.17) is 5.26 Å². The van der Waals surface area contributed by atoms with E-state index < -0.39 is 0 Å². The van der Waals surface area contributed by atoms with Gasteiger partial charge in [0.05, 0.1) is 28.5 Å². The molecule has 0 aromatic carbocycles. The lowest BCUT2D eigenvalue weighted by molar-refractivity contribution is -0.127. The van der Waals surface area contributed by atoms with Gasteiger partial charge in [-0.25, -0.2) is 9.97 Å². The zero-order chi connectivity index (χ0) is 13.7. The third kappa shape index (κ3) is 3.43. The molecule has 19 heavy (non-hydrogen) atoms. The molecule has 0 fully saturated rings. The van der Waals surface area contributed by atoms with Crippen molar-refractivity contribution < 1.29 is 4.79 Å². The fourth-order valence-electron chi connectivity index (χ4n) is 1.45. The van der Waals surface area contributed by atoms with Crippen LogP contribution < -0.4 is 0 Å². The Kier molecular flexibility index (Phi) is 4.71. The van der Waals surface area contributed by atoms with Gasteiger partial charge in [0.2, 0.25) is 5.91 Å². The maximum Gasteiger partial charge on any atom is 0.232 e. The minimum absolute atomic E-state index is 0.00330. The Morgan fingerprint density at radius 1 is 1.58 bits per heavy atom. The highest BCUT2D eigenvalue weighted by molar-refractivity contribution is 8.00. The van der Waals surface area contributed by atoms with Crippen LogP contribution in [-0.2, 0) is 4.79 Å². The molecular weight excluding hydrogens is 280 g/mol. The largest absolute Gasteiger partial charge is 0.344 e. The number of fused-ring (bicyclic) bond motifs is 1. The van der Waals surface area contributed by atoms with Crippen molar-refractivity contribution in [2.45, 2.75) is 11.4 Å². The van der Waals surface area contributed by atoms with E-state index in [0.29, 0.717) is 18.7 Å². The van der Waals surface area contributed by atoms with Crippen molar-refractivity contribution >= 4 is 39.2 Å². The van der Waals surface area contributed by atoms with Crippen LogP contribution in [0.25, 0.3) is 10.2 Å². The van der Waals surface area contributed by atoms with Crippen LogP contribution in [0.2, 0.25) is 0 Å². The van der Waals surface area contributed by atoms with E-state index in [1.165, 1.54) is 18.1 Å². The Bertz CT molecular complexity index is 619. The number of nitrogens with zero attached hydrogens (tertiary/aromatic N) is 4. The van der Waals surface area contributed by atoms with Gasteiger partial charge in [0.15, 0.2) is 0 Å². The molecule has 5 nitrogen and oxygen atoms in total. The standard InChI is InChI=1S/C12H12N4OS2/c1-16(5-2-4-13)10(17)7-19-12-11-9(3-6-18-11)14-8-15-12/h3,6,8H,2,5,7H2,1H3. The molecule has 0 radical (unpaired) electrons. The molecule has 0 saturated carbocycles. The van der Waals surface area contributed by atoms with Crippen molar-refractivity contribution in [3.63, 3.8) is 0 Å². The minimum Gasteiger partial charge on any atom is -0.344 e. The second-order valence-corrected chi connectivity index (χ2v) is 5.71. The van der Waals surface area contributed by atoms with Gasteiger partial charge in [0, 0.05) is 13.6 Å². The van der Waals surface area contributed by atoms with Crippen LogP contribution in [0.15, 0.2) is 22.8 Å². The summed E-state index contributed by atoms with van der Waals surface area (Å²) in [5.74, 6) is 0.329. The van der Waals surface area contributed by atoms with Crippen molar-refractivity contribution in [1.82, 2.24) is 14.9 Å². The quantitative estimate of drug-likeness (QED) is 0.624. The molecule has 7 heteroatoms. The average molecular weight is 292 g/mol. The highest BCUT2D eigenvalue weighted by Crippen LogP contribution is 2.28. The lowest BCUT2D eigenvalue weighted by atomic mass is 10.4. The molecule has 0 atom stereocenters. The van der Waals surface area contributed by atoms with Crippen LogP contribution in [0.4, 0.5) is 0 Å². The van der Waals surface area contributed by atoms with Gasteiger partial charge in [-0.1, -0.05) is 11.8 Å². The van der Waals surface area contributed by atoms with E-state index in [1.54, 1.807) is 23.3 Å². The summed E-state index contributed by atoms with van der Waals surface area (Å²) in [4.78, 5) is 21.8. The summed E-state index contributed by atoms with van der Waals surface area (Å²) >= 11 is 2.98. The van der Waals surface area contributed by atoms with Crippen LogP contribution in [-0.4, -0.2) is 40.1 Å². The Morgan fingerprint density at radius 2 is 2.42 bits per heavy atom. The number of nitriles is 1. The SMILES string of the molecule is CN(CCC#N)C(=O)CSc1ncnc2ccsc12. The summed E-state index contributed by atoms with van der Waals surface area (Å²) in [6, 6.07) is 3.97. The van der Waals surface area contributed by atoms with E-state index in [-0.39, 0.29) is 5.91 Å². The Hall–Kier alpha value is -1.65. The molecule has 0 bridgehead atoms. The average Bonchev–Trinajstić information content (AvgIpc) is 2.90. The first kappa shape index (κ1) is 13.8. The van der Waals surface area contributed by atoms with Gasteiger partial charge in [-0.2, -0.15) is 5.26 Å². The molecule has 0 aliphatic rings. The van der Waals surface area contributed by atoms with E-state index in [9.17, 15) is 4.79 Å². The zero-order valence-corrected chi connectivity index (χ0v) is 12.0. The van der Waals surface area contributed by atoms with Crippen LogP contribution in [0.5, 0.6) is 0 Å². The van der Waals surface area contributed by atoms with Crippen molar-refractivity contribution in [3.05, 3.63) is 17.8 Å². The molecule has 0 unspecified atom stereocenters. The fourth-order valence-corrected chi connectivity index (χ4v) is 3.34. The topological polar surface area (TPSA) is 69.9 Å². The van der Waals surface area contributed by atoms with Crippen molar-refractivity contribution in [2.75, 3.05) is 19.3 Å². The van der Waals surface area contributed by atoms with Crippen molar-refractivity contribution in [3.8, 4) is 6.07 Å². The molecule has 2 aromatic rings. The number of aromatic nitrogens is 2. The highest BCUT2D eigenvalue weighted by Gasteiger charge is 2.11. The molecule has 2 rings (SSSR count). The van der Waals surface area contributed by atoms with Gasteiger partial charge in [-0.05, 0) is 11.4 Å². The monoisotopic (exact) mass is 292 g/mol. The minimum atomic E-state index is 0.00330. The summed E-state index contributed by atoms with van der Waals surface area (Å²) in [6.45, 7) is 0.466. The Morgan fingerprint density at radius 3 is 3.21 bits per heavy atom. The number of hydrogen-bond acceptors (Lipinski definition) is 6. The number of amides is 1. The van der Waals surface area contributed by atoms with Gasteiger partial charge < -0.3 is 4.90 Å². The maximum atomic E-state index is 11.9. The molecule has 0 aliphatic carbocycles. The lowest BCUT2D eigenvalue weighted by Crippen LogP contribution is -2.29. The summed E-state index contributed by atoms with van der Waals surface area (Å²) < 4.78 is 1.01. The van der Waals surface area contributed by atoms with E-state index >= 15 is 0 Å². The first-order chi connectivity index (χ1) is 9.22. The number of rotatable bonds is 5. The molecule has 0 N–H and O–H groups in total. The Labute approximate surface area is 119 Å². The normalized spacial score (nSPS) is 10.3. The zero-order valence-electron chi connectivity index (χ0n) is 10.4. The number of thiophene rings is 1. The molecule has 0 spiro atoms. The number of carbonyl (C=O) groups excluding carboxylic acids is 1. The summed E-state index contributed by atoms with van der Waals surface area (Å²) in [6.07, 6.45) is 1.87. The molecule has 1 amide bonds. The van der Waals surface area contributed by atoms with E-state index in [2.05, 4.69) is 9.97 Å². The number of thioether (sulfide) groups is 1. The smallest absolute Gasteiger partial charge is 0.232 e. The first-order valence-electron chi connectivity index (χ1n) is 5.64. The maximum absolute atomic E-state index is 11.9. The third-order valence-corrected chi connectivity index (χ3v) is 4.54. The predicted molar refractivity (Wildman–Crippen MR) is 76.0 cm³/mol. The number of carbonyl (C=O) groups is 1. The molecule has 98 valence electrons. The van der Waals surface area contributed by atoms with Crippen LogP contribution in [0.3, 0.4) is 0 Å². The second-order valence-electron chi connectivity index (χ2n) is 3.83. The van der Waals surface area contributed by atoms with Crippen LogP contribution in [0.1, 0.15) is 6.42 Å². The first-order valence-corrected chi connectivity index (χ1v) is 7.51. The lowest BCUT2D eigenvalue weighted by Gasteiger charge is -2.14. The van der Waals surface area contributed by atoms with E-state index in [1.807, 2.05) is 17.5 Å². The second kappa shape index (κ2) is 6.50. The molecule has 2 heterocycles. The Balaban J connectivity index is 1.97. The van der Waals surface area contributed by atoms with Crippen molar-refractivity contribution in [1.29, 1.82) is 5.26 Å². The summed E-state index contributed by atoms with van der Waals surface area (Å²) in [5, 5.41) is 11.3. The van der Waals surface area contributed by atoms with Crippen LogP contribution >= 0.6 is 23.1 Å². The van der Waals surface area contributed by atoms with Gasteiger partial charge >= 0.3 is 0 Å². The molecule has 0 saturated heterocycles. The number of hydrogen-bond donors (Lipinski definition) is 0. The third-order valence-electron chi connectivity index (χ3n) is 2.53. The van der Waals surface area contributed by atoms with Gasteiger partial charge in [0.25, 0.3) is 0 Å². The van der Waals surface area contributed by atoms with Crippen LogP contribution in [0, 0.1) is 11.3 Å². The fraction of sp³-hybridized carbons (Fsp3) is 0.333. The van der Waals surface area contributed by atoms with Gasteiger partial charge in [-0.15, -0.1) is 11.3 Å². The molecule has 2 aromatic heterocycles.